The van der Waals surface area contributed by atoms with E-state index in [1.54, 1.807) is 0 Å². The molecule has 2 amide bonds. The van der Waals surface area contributed by atoms with Crippen LogP contribution in [0, 0.1) is 6.92 Å². The van der Waals surface area contributed by atoms with Crippen molar-refractivity contribution in [2.75, 3.05) is 26.2 Å². The zero-order valence-electron chi connectivity index (χ0n) is 17.0. The van der Waals surface area contributed by atoms with Gasteiger partial charge < -0.3 is 10.2 Å². The Morgan fingerprint density at radius 2 is 1.62 bits per heavy atom. The number of halogens is 1. The van der Waals surface area contributed by atoms with Crippen LogP contribution in [-0.4, -0.2) is 53.8 Å². The predicted molar refractivity (Wildman–Crippen MR) is 116 cm³/mol. The average Bonchev–Trinajstić information content (AvgIpc) is 2.74. The van der Waals surface area contributed by atoms with E-state index in [0.717, 1.165) is 16.7 Å². The quantitative estimate of drug-likeness (QED) is 0.791. The van der Waals surface area contributed by atoms with Crippen molar-refractivity contribution in [1.29, 1.82) is 0 Å². The van der Waals surface area contributed by atoms with Gasteiger partial charge in [0.1, 0.15) is 0 Å². The minimum Gasteiger partial charge on any atom is -0.351 e. The van der Waals surface area contributed by atoms with Crippen molar-refractivity contribution >= 4 is 23.4 Å². The third-order valence-electron chi connectivity index (χ3n) is 5.61. The van der Waals surface area contributed by atoms with Gasteiger partial charge in [0.15, 0.2) is 0 Å². The van der Waals surface area contributed by atoms with E-state index in [9.17, 15) is 9.59 Å². The van der Waals surface area contributed by atoms with Crippen molar-refractivity contribution in [3.63, 3.8) is 0 Å². The predicted octanol–water partition coefficient (Wildman–Crippen LogP) is 3.04. The SMILES string of the molecule is Cc1ccccc1CC(=O)N1CCN(C(C)C(=O)NCc2ccccc2Cl)CC1. The fourth-order valence-electron chi connectivity index (χ4n) is 3.58. The average molecular weight is 414 g/mol. The molecule has 1 heterocycles. The number of carbonyl (C=O) groups excluding carboxylic acids is 2. The lowest BCUT2D eigenvalue weighted by molar-refractivity contribution is -0.133. The molecule has 29 heavy (non-hydrogen) atoms. The topological polar surface area (TPSA) is 52.7 Å². The number of amides is 2. The zero-order chi connectivity index (χ0) is 20.8. The van der Waals surface area contributed by atoms with E-state index in [-0.39, 0.29) is 17.9 Å². The molecule has 6 heteroatoms. The highest BCUT2D eigenvalue weighted by atomic mass is 35.5. The molecular formula is C23H28ClN3O2. The van der Waals surface area contributed by atoms with E-state index in [1.807, 2.05) is 67.3 Å². The lowest BCUT2D eigenvalue weighted by Crippen LogP contribution is -2.55. The number of nitrogens with zero attached hydrogens (tertiary/aromatic N) is 2. The van der Waals surface area contributed by atoms with Gasteiger partial charge in [-0.3, -0.25) is 14.5 Å². The first-order valence-corrected chi connectivity index (χ1v) is 10.4. The molecule has 5 nitrogen and oxygen atoms in total. The van der Waals surface area contributed by atoms with Crippen LogP contribution >= 0.6 is 11.6 Å². The lowest BCUT2D eigenvalue weighted by atomic mass is 10.0. The van der Waals surface area contributed by atoms with Gasteiger partial charge in [-0.05, 0) is 36.6 Å². The first-order chi connectivity index (χ1) is 14.0. The Morgan fingerprint density at radius 3 is 2.28 bits per heavy atom. The number of hydrogen-bond acceptors (Lipinski definition) is 3. The Balaban J connectivity index is 1.47. The number of carbonyl (C=O) groups is 2. The molecule has 1 atom stereocenters. The Hall–Kier alpha value is -2.37. The largest absolute Gasteiger partial charge is 0.351 e. The van der Waals surface area contributed by atoms with Gasteiger partial charge >= 0.3 is 0 Å². The van der Waals surface area contributed by atoms with Gasteiger partial charge in [0, 0.05) is 37.7 Å². The van der Waals surface area contributed by atoms with Crippen LogP contribution in [0.4, 0.5) is 0 Å². The summed E-state index contributed by atoms with van der Waals surface area (Å²) in [4.78, 5) is 29.2. The van der Waals surface area contributed by atoms with Gasteiger partial charge in [-0.25, -0.2) is 0 Å². The molecule has 2 aromatic carbocycles. The molecule has 154 valence electrons. The van der Waals surface area contributed by atoms with Crippen LogP contribution in [0.2, 0.25) is 5.02 Å². The number of aryl methyl sites for hydroxylation is 1. The minimum atomic E-state index is -0.244. The fourth-order valence-corrected chi connectivity index (χ4v) is 3.78. The number of piperazine rings is 1. The Kier molecular flexibility index (Phi) is 7.29. The second kappa shape index (κ2) is 9.90. The first kappa shape index (κ1) is 21.3. The molecule has 2 aromatic rings. The van der Waals surface area contributed by atoms with E-state index in [0.29, 0.717) is 44.2 Å². The fraction of sp³-hybridized carbons (Fsp3) is 0.391. The maximum absolute atomic E-state index is 12.6. The van der Waals surface area contributed by atoms with Crippen molar-refractivity contribution < 1.29 is 9.59 Å². The Bertz CT molecular complexity index is 863. The minimum absolute atomic E-state index is 0.0235. The van der Waals surface area contributed by atoms with E-state index < -0.39 is 0 Å². The smallest absolute Gasteiger partial charge is 0.237 e. The molecule has 3 rings (SSSR count). The summed E-state index contributed by atoms with van der Waals surface area (Å²) in [6.07, 6.45) is 0.431. The van der Waals surface area contributed by atoms with E-state index in [2.05, 4.69) is 10.2 Å². The molecule has 1 aliphatic rings. The van der Waals surface area contributed by atoms with Gasteiger partial charge in [0.25, 0.3) is 0 Å². The monoisotopic (exact) mass is 413 g/mol. The van der Waals surface area contributed by atoms with Crippen LogP contribution in [0.5, 0.6) is 0 Å². The van der Waals surface area contributed by atoms with E-state index >= 15 is 0 Å². The lowest BCUT2D eigenvalue weighted by Gasteiger charge is -2.37. The van der Waals surface area contributed by atoms with Crippen LogP contribution in [0.15, 0.2) is 48.5 Å². The number of benzene rings is 2. The van der Waals surface area contributed by atoms with Crippen molar-refractivity contribution in [1.82, 2.24) is 15.1 Å². The van der Waals surface area contributed by atoms with Crippen molar-refractivity contribution in [2.45, 2.75) is 32.9 Å². The van der Waals surface area contributed by atoms with Crippen LogP contribution in [0.1, 0.15) is 23.6 Å². The molecule has 1 aliphatic heterocycles. The van der Waals surface area contributed by atoms with Crippen LogP contribution in [-0.2, 0) is 22.6 Å². The van der Waals surface area contributed by atoms with Gasteiger partial charge in [0.05, 0.1) is 12.5 Å². The number of rotatable bonds is 6. The molecule has 0 radical (unpaired) electrons. The third kappa shape index (κ3) is 5.58. The standard InChI is InChI=1S/C23H28ClN3O2/c1-17-7-3-4-8-19(17)15-22(28)27-13-11-26(12-14-27)18(2)23(29)25-16-20-9-5-6-10-21(20)24/h3-10,18H,11-16H2,1-2H3,(H,25,29). The van der Waals surface area contributed by atoms with Crippen molar-refractivity contribution in [3.05, 3.63) is 70.2 Å². The molecular weight excluding hydrogens is 386 g/mol. The normalized spacial score (nSPS) is 15.8. The highest BCUT2D eigenvalue weighted by Gasteiger charge is 2.27. The molecule has 1 fully saturated rings. The maximum atomic E-state index is 12.6. The summed E-state index contributed by atoms with van der Waals surface area (Å²) in [6.45, 7) is 7.04. The molecule has 1 saturated heterocycles. The Labute approximate surface area is 177 Å². The van der Waals surface area contributed by atoms with E-state index in [4.69, 9.17) is 11.6 Å². The summed E-state index contributed by atoms with van der Waals surface area (Å²) in [7, 11) is 0. The summed E-state index contributed by atoms with van der Waals surface area (Å²) in [5.41, 5.74) is 3.12. The summed E-state index contributed by atoms with van der Waals surface area (Å²) in [6, 6.07) is 15.3. The molecule has 1 unspecified atom stereocenters. The van der Waals surface area contributed by atoms with Crippen molar-refractivity contribution in [2.24, 2.45) is 0 Å². The second-order valence-corrected chi connectivity index (χ2v) is 7.91. The number of nitrogens with one attached hydrogen (secondary N) is 1. The Morgan fingerprint density at radius 1 is 1.00 bits per heavy atom. The maximum Gasteiger partial charge on any atom is 0.237 e. The van der Waals surface area contributed by atoms with E-state index in [1.165, 1.54) is 0 Å². The van der Waals surface area contributed by atoms with Gasteiger partial charge in [0.2, 0.25) is 11.8 Å². The molecule has 1 N–H and O–H groups in total. The molecule has 0 saturated carbocycles. The molecule has 0 aliphatic carbocycles. The highest BCUT2D eigenvalue weighted by Crippen LogP contribution is 2.15. The van der Waals surface area contributed by atoms with Gasteiger partial charge in [-0.1, -0.05) is 54.1 Å². The molecule has 0 bridgehead atoms. The highest BCUT2D eigenvalue weighted by molar-refractivity contribution is 6.31. The summed E-state index contributed by atoms with van der Waals surface area (Å²) in [5.74, 6) is 0.124. The van der Waals surface area contributed by atoms with Gasteiger partial charge in [-0.2, -0.15) is 0 Å². The summed E-state index contributed by atoms with van der Waals surface area (Å²) < 4.78 is 0. The third-order valence-corrected chi connectivity index (χ3v) is 5.98. The van der Waals surface area contributed by atoms with Crippen LogP contribution < -0.4 is 5.32 Å². The van der Waals surface area contributed by atoms with Gasteiger partial charge in [-0.15, -0.1) is 0 Å². The summed E-state index contributed by atoms with van der Waals surface area (Å²) >= 11 is 6.15. The van der Waals surface area contributed by atoms with Crippen molar-refractivity contribution in [3.8, 4) is 0 Å². The first-order valence-electron chi connectivity index (χ1n) is 10.0. The van der Waals surface area contributed by atoms with Crippen LogP contribution in [0.3, 0.4) is 0 Å². The second-order valence-electron chi connectivity index (χ2n) is 7.51. The van der Waals surface area contributed by atoms with Crippen LogP contribution in [0.25, 0.3) is 0 Å². The zero-order valence-corrected chi connectivity index (χ0v) is 17.8. The molecule has 0 spiro atoms. The number of hydrogen-bond donors (Lipinski definition) is 1. The molecule has 0 aromatic heterocycles. The summed E-state index contributed by atoms with van der Waals surface area (Å²) in [5, 5.41) is 3.62.